The van der Waals surface area contributed by atoms with Gasteiger partial charge in [0.25, 0.3) is 0 Å². The number of β-amino-alcohol motifs (C(OH)–C–C–N with tert-alkyl or cyclic N) is 1. The summed E-state index contributed by atoms with van der Waals surface area (Å²) in [5.74, 6) is 2.01. The topological polar surface area (TPSA) is 51.2 Å². The molecule has 0 saturated carbocycles. The summed E-state index contributed by atoms with van der Waals surface area (Å²) in [4.78, 5) is 2.18. The van der Waals surface area contributed by atoms with Gasteiger partial charge in [-0.1, -0.05) is 6.92 Å². The normalized spacial score (nSPS) is 21.8. The Bertz CT molecular complexity index is 475. The Balaban J connectivity index is 2.13. The van der Waals surface area contributed by atoms with E-state index in [9.17, 15) is 5.11 Å². The summed E-state index contributed by atoms with van der Waals surface area (Å²) in [6, 6.07) is 1.87. The van der Waals surface area contributed by atoms with Crippen LogP contribution in [-0.2, 0) is 6.54 Å². The molecular weight excluding hydrogens is 234 g/mol. The fraction of sp³-hybridized carbons (Fsp3) is 0.538. The lowest BCUT2D eigenvalue weighted by molar-refractivity contribution is 0.0942. The average molecular weight is 251 g/mol. The van der Waals surface area contributed by atoms with E-state index in [1.54, 1.807) is 7.11 Å². The number of aliphatic hydroxyl groups excluding tert-OH is 1. The van der Waals surface area contributed by atoms with E-state index in [0.29, 0.717) is 23.8 Å². The summed E-state index contributed by atoms with van der Waals surface area (Å²) < 4.78 is 16.3. The predicted molar refractivity (Wildman–Crippen MR) is 65.0 cm³/mol. The summed E-state index contributed by atoms with van der Waals surface area (Å²) in [5.41, 5.74) is 1.89. The lowest BCUT2D eigenvalue weighted by atomic mass is 9.95. The van der Waals surface area contributed by atoms with E-state index in [0.717, 1.165) is 24.2 Å². The van der Waals surface area contributed by atoms with Gasteiger partial charge in [0.1, 0.15) is 0 Å². The second-order valence-corrected chi connectivity index (χ2v) is 4.55. The van der Waals surface area contributed by atoms with Crippen molar-refractivity contribution < 1.29 is 19.3 Å². The highest BCUT2D eigenvalue weighted by atomic mass is 16.7. The van der Waals surface area contributed by atoms with Crippen LogP contribution in [-0.4, -0.2) is 37.0 Å². The number of hydrogen-bond donors (Lipinski definition) is 1. The fourth-order valence-corrected chi connectivity index (χ4v) is 2.62. The van der Waals surface area contributed by atoms with Crippen LogP contribution in [0.3, 0.4) is 0 Å². The minimum Gasteiger partial charge on any atom is -0.492 e. The van der Waals surface area contributed by atoms with Gasteiger partial charge in [0.05, 0.1) is 13.2 Å². The summed E-state index contributed by atoms with van der Waals surface area (Å²) in [6.07, 6.45) is -0.503. The third-order valence-electron chi connectivity index (χ3n) is 3.58. The molecular formula is C13H17NO4. The zero-order valence-electron chi connectivity index (χ0n) is 10.6. The third kappa shape index (κ3) is 1.62. The second-order valence-electron chi connectivity index (χ2n) is 4.55. The molecule has 1 aromatic carbocycles. The van der Waals surface area contributed by atoms with Gasteiger partial charge in [-0.3, -0.25) is 4.90 Å². The Morgan fingerprint density at radius 1 is 1.50 bits per heavy atom. The van der Waals surface area contributed by atoms with Crippen LogP contribution in [0.1, 0.15) is 24.2 Å². The number of benzene rings is 1. The standard InChI is InChI=1S/C13H17NO4/c1-3-14-5-9-8(10(15)6-14)4-11-13(12(9)16-2)18-7-17-11/h4,10,15H,3,5-7H2,1-2H3/t10-/m0/s1. The first-order valence-corrected chi connectivity index (χ1v) is 6.14. The molecule has 5 nitrogen and oxygen atoms in total. The molecule has 18 heavy (non-hydrogen) atoms. The summed E-state index contributed by atoms with van der Waals surface area (Å²) in [5, 5.41) is 10.2. The molecule has 1 atom stereocenters. The Morgan fingerprint density at radius 3 is 3.06 bits per heavy atom. The zero-order chi connectivity index (χ0) is 12.7. The number of ether oxygens (including phenoxy) is 3. The Labute approximate surface area is 106 Å². The van der Waals surface area contributed by atoms with E-state index in [1.807, 2.05) is 6.07 Å². The smallest absolute Gasteiger partial charge is 0.231 e. The molecule has 2 heterocycles. The van der Waals surface area contributed by atoms with Gasteiger partial charge in [0.15, 0.2) is 11.5 Å². The molecule has 0 unspecified atom stereocenters. The number of methoxy groups -OCH3 is 1. The molecule has 0 bridgehead atoms. The van der Waals surface area contributed by atoms with E-state index >= 15 is 0 Å². The molecule has 0 saturated heterocycles. The molecule has 1 N–H and O–H groups in total. The minimum atomic E-state index is -0.503. The maximum atomic E-state index is 10.2. The lowest BCUT2D eigenvalue weighted by Crippen LogP contribution is -2.33. The highest BCUT2D eigenvalue weighted by molar-refractivity contribution is 5.61. The highest BCUT2D eigenvalue weighted by Gasteiger charge is 2.31. The van der Waals surface area contributed by atoms with Crippen LogP contribution < -0.4 is 14.2 Å². The number of likely N-dealkylation sites (N-methyl/N-ethyl adjacent to an activating group) is 1. The maximum absolute atomic E-state index is 10.2. The number of nitrogens with zero attached hydrogens (tertiary/aromatic N) is 1. The van der Waals surface area contributed by atoms with Gasteiger partial charge in [-0.2, -0.15) is 0 Å². The zero-order valence-corrected chi connectivity index (χ0v) is 10.6. The molecule has 2 aliphatic heterocycles. The quantitative estimate of drug-likeness (QED) is 0.858. The van der Waals surface area contributed by atoms with Crippen molar-refractivity contribution in [2.75, 3.05) is 27.0 Å². The van der Waals surface area contributed by atoms with Crippen molar-refractivity contribution in [3.05, 3.63) is 17.2 Å². The molecule has 0 aromatic heterocycles. The van der Waals surface area contributed by atoms with Gasteiger partial charge in [-0.25, -0.2) is 0 Å². The molecule has 1 aromatic rings. The minimum absolute atomic E-state index is 0.210. The van der Waals surface area contributed by atoms with Gasteiger partial charge in [0, 0.05) is 18.7 Å². The van der Waals surface area contributed by atoms with Crippen molar-refractivity contribution in [3.8, 4) is 17.2 Å². The first-order chi connectivity index (χ1) is 8.74. The SMILES string of the molecule is CCN1Cc2c(cc3c(c2OC)OCO3)[C@@H](O)C1. The third-order valence-corrected chi connectivity index (χ3v) is 3.58. The van der Waals surface area contributed by atoms with Crippen LogP contribution >= 0.6 is 0 Å². The molecule has 0 spiro atoms. The van der Waals surface area contributed by atoms with E-state index in [2.05, 4.69) is 11.8 Å². The van der Waals surface area contributed by atoms with Crippen molar-refractivity contribution in [3.63, 3.8) is 0 Å². The Hall–Kier alpha value is -1.46. The molecule has 0 radical (unpaired) electrons. The summed E-state index contributed by atoms with van der Waals surface area (Å²) in [7, 11) is 1.62. The lowest BCUT2D eigenvalue weighted by Gasteiger charge is -2.32. The summed E-state index contributed by atoms with van der Waals surface area (Å²) >= 11 is 0. The molecule has 5 heteroatoms. The predicted octanol–water partition coefficient (Wildman–Crippen LogP) is 1.29. The molecule has 0 aliphatic carbocycles. The van der Waals surface area contributed by atoms with Gasteiger partial charge in [-0.15, -0.1) is 0 Å². The fourth-order valence-electron chi connectivity index (χ4n) is 2.62. The van der Waals surface area contributed by atoms with E-state index < -0.39 is 6.10 Å². The average Bonchev–Trinajstić information content (AvgIpc) is 2.84. The number of hydrogen-bond acceptors (Lipinski definition) is 5. The van der Waals surface area contributed by atoms with Crippen LogP contribution in [0.2, 0.25) is 0 Å². The van der Waals surface area contributed by atoms with Crippen LogP contribution in [0.15, 0.2) is 6.07 Å². The maximum Gasteiger partial charge on any atom is 0.231 e. The van der Waals surface area contributed by atoms with Crippen molar-refractivity contribution in [2.45, 2.75) is 19.6 Å². The van der Waals surface area contributed by atoms with Gasteiger partial charge >= 0.3 is 0 Å². The molecule has 98 valence electrons. The van der Waals surface area contributed by atoms with Crippen molar-refractivity contribution in [2.24, 2.45) is 0 Å². The highest BCUT2D eigenvalue weighted by Crippen LogP contribution is 2.48. The molecule has 0 fully saturated rings. The Kier molecular flexibility index (Phi) is 2.80. The van der Waals surface area contributed by atoms with E-state index in [4.69, 9.17) is 14.2 Å². The molecule has 2 aliphatic rings. The van der Waals surface area contributed by atoms with Crippen molar-refractivity contribution in [1.82, 2.24) is 4.90 Å². The van der Waals surface area contributed by atoms with E-state index in [1.165, 1.54) is 0 Å². The molecule has 0 amide bonds. The molecule has 3 rings (SSSR count). The first-order valence-electron chi connectivity index (χ1n) is 6.14. The number of rotatable bonds is 2. The van der Waals surface area contributed by atoms with Crippen LogP contribution in [0, 0.1) is 0 Å². The Morgan fingerprint density at radius 2 is 2.33 bits per heavy atom. The first kappa shape index (κ1) is 11.6. The van der Waals surface area contributed by atoms with Gasteiger partial charge in [-0.05, 0) is 18.2 Å². The monoisotopic (exact) mass is 251 g/mol. The van der Waals surface area contributed by atoms with E-state index in [-0.39, 0.29) is 6.79 Å². The van der Waals surface area contributed by atoms with Crippen molar-refractivity contribution >= 4 is 0 Å². The summed E-state index contributed by atoms with van der Waals surface area (Å²) in [6.45, 7) is 4.60. The van der Waals surface area contributed by atoms with Crippen LogP contribution in [0.25, 0.3) is 0 Å². The van der Waals surface area contributed by atoms with Gasteiger partial charge in [0.2, 0.25) is 12.5 Å². The number of aliphatic hydroxyl groups is 1. The second kappa shape index (κ2) is 4.33. The van der Waals surface area contributed by atoms with Crippen LogP contribution in [0.5, 0.6) is 17.2 Å². The van der Waals surface area contributed by atoms with Crippen molar-refractivity contribution in [1.29, 1.82) is 0 Å². The van der Waals surface area contributed by atoms with Gasteiger partial charge < -0.3 is 19.3 Å². The number of fused-ring (bicyclic) bond motifs is 2. The van der Waals surface area contributed by atoms with Crippen LogP contribution in [0.4, 0.5) is 0 Å². The largest absolute Gasteiger partial charge is 0.492 e.